The zero-order chi connectivity index (χ0) is 25.7. The molecule has 0 atom stereocenters. The lowest BCUT2D eigenvalue weighted by Crippen LogP contribution is -2.34. The van der Waals surface area contributed by atoms with E-state index in [-0.39, 0.29) is 30.0 Å². The molecule has 0 spiro atoms. The van der Waals surface area contributed by atoms with Gasteiger partial charge < -0.3 is 29.1 Å². The van der Waals surface area contributed by atoms with Gasteiger partial charge in [0, 0.05) is 11.4 Å². The molecule has 0 unspecified atom stereocenters. The lowest BCUT2D eigenvalue weighted by molar-refractivity contribution is -0.136. The van der Waals surface area contributed by atoms with Gasteiger partial charge in [-0.1, -0.05) is 18.2 Å². The van der Waals surface area contributed by atoms with E-state index in [0.29, 0.717) is 22.9 Å². The number of carbonyl (C=O) groups is 4. The van der Waals surface area contributed by atoms with Crippen LogP contribution in [0.5, 0.6) is 0 Å². The zero-order valence-electron chi connectivity index (χ0n) is 19.6. The van der Waals surface area contributed by atoms with Crippen LogP contribution in [0.2, 0.25) is 0 Å². The summed E-state index contributed by atoms with van der Waals surface area (Å²) >= 11 is 0. The van der Waals surface area contributed by atoms with Crippen LogP contribution in [-0.2, 0) is 37.0 Å². The Morgan fingerprint density at radius 2 is 1.78 bits per heavy atom. The molecule has 1 aliphatic rings. The summed E-state index contributed by atoms with van der Waals surface area (Å²) in [5.74, 6) is -1.52. The van der Waals surface area contributed by atoms with Gasteiger partial charge in [-0.05, 0) is 49.4 Å². The van der Waals surface area contributed by atoms with Gasteiger partial charge in [-0.2, -0.15) is 0 Å². The number of allylic oxidation sites excluding steroid dienone is 1. The molecule has 2 N–H and O–H groups in total. The third kappa shape index (κ3) is 5.27. The monoisotopic (exact) mass is 489 g/mol. The maximum absolute atomic E-state index is 13.1. The molecule has 184 valence electrons. The summed E-state index contributed by atoms with van der Waals surface area (Å²) in [7, 11) is 1.24. The van der Waals surface area contributed by atoms with Gasteiger partial charge in [0.25, 0.3) is 5.91 Å². The predicted octanol–water partition coefficient (Wildman–Crippen LogP) is 3.00. The largest absolute Gasteiger partial charge is 0.467 e. The van der Waals surface area contributed by atoms with Crippen LogP contribution in [0.15, 0.2) is 86.5 Å². The third-order valence-corrected chi connectivity index (χ3v) is 5.43. The van der Waals surface area contributed by atoms with Gasteiger partial charge in [0.2, 0.25) is 0 Å². The molecule has 10 heteroatoms. The molecule has 1 aromatic carbocycles. The highest BCUT2D eigenvalue weighted by atomic mass is 16.5. The van der Waals surface area contributed by atoms with Gasteiger partial charge in [0.15, 0.2) is 0 Å². The number of amides is 3. The molecule has 36 heavy (non-hydrogen) atoms. The predicted molar refractivity (Wildman–Crippen MR) is 128 cm³/mol. The Morgan fingerprint density at radius 3 is 2.47 bits per heavy atom. The number of carbonyl (C=O) groups excluding carboxylic acids is 4. The number of rotatable bonds is 7. The Hall–Kier alpha value is -4.86. The normalized spacial score (nSPS) is 14.3. The number of benzene rings is 1. The van der Waals surface area contributed by atoms with Gasteiger partial charge >= 0.3 is 17.8 Å². The number of nitrogens with zero attached hydrogens (tertiary/aromatic N) is 1. The highest BCUT2D eigenvalue weighted by Gasteiger charge is 2.37. The second-order valence-corrected chi connectivity index (χ2v) is 7.79. The van der Waals surface area contributed by atoms with Gasteiger partial charge in [-0.3, -0.25) is 14.4 Å². The smallest absolute Gasteiger partial charge is 0.340 e. The van der Waals surface area contributed by atoms with E-state index in [1.165, 1.54) is 24.3 Å². The summed E-state index contributed by atoms with van der Waals surface area (Å²) in [6.07, 6.45) is 2.94. The summed E-state index contributed by atoms with van der Waals surface area (Å²) in [6.45, 7) is 1.75. The second-order valence-electron chi connectivity index (χ2n) is 7.79. The van der Waals surface area contributed by atoms with Crippen LogP contribution in [0, 0.1) is 0 Å². The number of esters is 1. The number of ether oxygens (including phenoxy) is 1. The Balaban J connectivity index is 1.46. The Bertz CT molecular complexity index is 1350. The van der Waals surface area contributed by atoms with Crippen LogP contribution >= 0.6 is 0 Å². The topological polar surface area (TPSA) is 131 Å². The molecule has 0 bridgehead atoms. The van der Waals surface area contributed by atoms with Crippen molar-refractivity contribution in [3.8, 4) is 0 Å². The molecule has 4 rings (SSSR count). The van der Waals surface area contributed by atoms with E-state index in [2.05, 4.69) is 10.6 Å². The van der Waals surface area contributed by atoms with Crippen molar-refractivity contribution in [3.63, 3.8) is 0 Å². The number of hydrogen-bond acceptors (Lipinski definition) is 7. The molecular weight excluding hydrogens is 466 g/mol. The Morgan fingerprint density at radius 1 is 1.00 bits per heavy atom. The molecule has 1 aliphatic heterocycles. The minimum Gasteiger partial charge on any atom is -0.467 e. The molecular formula is C26H23N3O7. The molecule has 0 fully saturated rings. The first-order chi connectivity index (χ1) is 17.4. The van der Waals surface area contributed by atoms with Gasteiger partial charge in [0.05, 0.1) is 37.6 Å². The van der Waals surface area contributed by atoms with Gasteiger partial charge in [-0.15, -0.1) is 0 Å². The molecule has 0 saturated heterocycles. The van der Waals surface area contributed by atoms with Crippen molar-refractivity contribution in [2.45, 2.75) is 20.0 Å². The molecule has 0 radical (unpaired) electrons. The second kappa shape index (κ2) is 10.6. The molecule has 3 amide bonds. The fourth-order valence-corrected chi connectivity index (χ4v) is 3.64. The molecule has 2 aromatic heterocycles. The standard InChI is InChI=1S/C26H23N3O7/c1-16-22(26(33)34-2)21(25(32)29(16)15-20-9-6-12-35-20)13-18-10-11-19(36-18)14-27-23(30)24(31)28-17-7-4-3-5-8-17/h3-13H,14-15H2,1-2H3,(H,27,30)(H,28,31). The Labute approximate surface area is 206 Å². The van der Waals surface area contributed by atoms with E-state index in [0.717, 1.165) is 0 Å². The minimum atomic E-state index is -0.832. The van der Waals surface area contributed by atoms with Crippen LogP contribution < -0.4 is 10.6 Å². The average Bonchev–Trinajstić information content (AvgIpc) is 3.61. The minimum absolute atomic E-state index is 0.0541. The maximum Gasteiger partial charge on any atom is 0.340 e. The van der Waals surface area contributed by atoms with Gasteiger partial charge in [0.1, 0.15) is 17.3 Å². The van der Waals surface area contributed by atoms with Crippen molar-refractivity contribution in [2.75, 3.05) is 12.4 Å². The highest BCUT2D eigenvalue weighted by molar-refractivity contribution is 6.39. The van der Waals surface area contributed by atoms with Crippen molar-refractivity contribution in [1.82, 2.24) is 10.2 Å². The quantitative estimate of drug-likeness (QED) is 0.296. The first-order valence-corrected chi connectivity index (χ1v) is 11.0. The van der Waals surface area contributed by atoms with Gasteiger partial charge in [-0.25, -0.2) is 4.79 Å². The lowest BCUT2D eigenvalue weighted by atomic mass is 10.1. The number of hydrogen-bond donors (Lipinski definition) is 2. The third-order valence-electron chi connectivity index (χ3n) is 5.43. The number of methoxy groups -OCH3 is 1. The van der Waals surface area contributed by atoms with Crippen LogP contribution in [0.25, 0.3) is 6.08 Å². The molecule has 3 heterocycles. The van der Waals surface area contributed by atoms with E-state index >= 15 is 0 Å². The fourth-order valence-electron chi connectivity index (χ4n) is 3.64. The van der Waals surface area contributed by atoms with Crippen LogP contribution in [-0.4, -0.2) is 35.7 Å². The van der Waals surface area contributed by atoms with Crippen LogP contribution in [0.4, 0.5) is 5.69 Å². The lowest BCUT2D eigenvalue weighted by Gasteiger charge is -2.15. The van der Waals surface area contributed by atoms with E-state index in [1.807, 2.05) is 0 Å². The first-order valence-electron chi connectivity index (χ1n) is 11.0. The van der Waals surface area contributed by atoms with Crippen LogP contribution in [0.3, 0.4) is 0 Å². The highest BCUT2D eigenvalue weighted by Crippen LogP contribution is 2.33. The average molecular weight is 489 g/mol. The Kier molecular flexibility index (Phi) is 7.15. The molecule has 0 aliphatic carbocycles. The molecule has 0 saturated carbocycles. The van der Waals surface area contributed by atoms with E-state index in [4.69, 9.17) is 13.6 Å². The summed E-state index contributed by atoms with van der Waals surface area (Å²) in [6, 6.07) is 15.2. The molecule has 3 aromatic rings. The van der Waals surface area contributed by atoms with Crippen molar-refractivity contribution < 1.29 is 32.7 Å². The summed E-state index contributed by atoms with van der Waals surface area (Å²) in [5.41, 5.74) is 1.16. The number of anilines is 1. The van der Waals surface area contributed by atoms with E-state index in [9.17, 15) is 19.2 Å². The van der Waals surface area contributed by atoms with Crippen molar-refractivity contribution >= 4 is 35.5 Å². The van der Waals surface area contributed by atoms with E-state index < -0.39 is 23.7 Å². The van der Waals surface area contributed by atoms with Crippen molar-refractivity contribution in [3.05, 3.63) is 95.0 Å². The number of nitrogens with one attached hydrogen (secondary N) is 2. The number of furan rings is 2. The zero-order valence-corrected chi connectivity index (χ0v) is 19.6. The molecule has 10 nitrogen and oxygen atoms in total. The summed E-state index contributed by atoms with van der Waals surface area (Å²) in [4.78, 5) is 51.2. The number of para-hydroxylation sites is 1. The van der Waals surface area contributed by atoms with Crippen molar-refractivity contribution in [1.29, 1.82) is 0 Å². The maximum atomic E-state index is 13.1. The summed E-state index contributed by atoms with van der Waals surface area (Å²) in [5, 5.41) is 4.97. The fraction of sp³-hybridized carbons (Fsp3) is 0.154. The SMILES string of the molecule is COC(=O)C1=C(C)N(Cc2ccco2)C(=O)C1=Cc1ccc(CNC(=O)C(=O)Nc2ccccc2)o1. The van der Waals surface area contributed by atoms with Crippen LogP contribution in [0.1, 0.15) is 24.2 Å². The first kappa shape index (κ1) is 24.3. The van der Waals surface area contributed by atoms with Crippen molar-refractivity contribution in [2.24, 2.45) is 0 Å². The summed E-state index contributed by atoms with van der Waals surface area (Å²) < 4.78 is 15.9. The van der Waals surface area contributed by atoms with E-state index in [1.54, 1.807) is 61.5 Å².